The molecule has 3 amide bonds. The summed E-state index contributed by atoms with van der Waals surface area (Å²) in [6.07, 6.45) is -0.997. The van der Waals surface area contributed by atoms with Gasteiger partial charge in [0, 0.05) is 26.2 Å². The Kier molecular flexibility index (Phi) is 11.6. The Bertz CT molecular complexity index is 1190. The van der Waals surface area contributed by atoms with Gasteiger partial charge in [0.05, 0.1) is 30.7 Å². The molecular formula is C28H40N4O7S. The van der Waals surface area contributed by atoms with Gasteiger partial charge in [0.15, 0.2) is 0 Å². The summed E-state index contributed by atoms with van der Waals surface area (Å²) in [6, 6.07) is 14.3. The zero-order chi connectivity index (χ0) is 29.1. The van der Waals surface area contributed by atoms with Crippen LogP contribution in [0, 0.1) is 5.92 Å². The highest BCUT2D eigenvalue weighted by Crippen LogP contribution is 2.22. The Morgan fingerprint density at radius 2 is 1.85 bits per heavy atom. The van der Waals surface area contributed by atoms with Gasteiger partial charge in [0.2, 0.25) is 10.0 Å². The van der Waals surface area contributed by atoms with Gasteiger partial charge >= 0.3 is 12.1 Å². The smallest absolute Gasteiger partial charge is 0.407 e. The predicted octanol–water partition coefficient (Wildman–Crippen LogP) is 2.46. The number of amides is 3. The second kappa shape index (κ2) is 14.9. The van der Waals surface area contributed by atoms with E-state index in [9.17, 15) is 23.1 Å². The van der Waals surface area contributed by atoms with Gasteiger partial charge < -0.3 is 30.1 Å². The number of rotatable bonds is 15. The normalized spacial score (nSPS) is 15.8. The van der Waals surface area contributed by atoms with E-state index >= 15 is 0 Å². The van der Waals surface area contributed by atoms with Crippen LogP contribution in [-0.4, -0.2) is 93.4 Å². The maximum absolute atomic E-state index is 13.6. The van der Waals surface area contributed by atoms with Crippen molar-refractivity contribution in [3.8, 4) is 5.75 Å². The van der Waals surface area contributed by atoms with E-state index in [4.69, 9.17) is 9.47 Å². The van der Waals surface area contributed by atoms with Crippen molar-refractivity contribution in [2.45, 2.75) is 43.7 Å². The average Bonchev–Trinajstić information content (AvgIpc) is 3.36. The minimum atomic E-state index is -3.96. The summed E-state index contributed by atoms with van der Waals surface area (Å²) in [6.45, 7) is 5.19. The molecule has 1 aliphatic heterocycles. The molecule has 2 aromatic rings. The van der Waals surface area contributed by atoms with Crippen molar-refractivity contribution in [3.05, 3.63) is 60.2 Å². The van der Waals surface area contributed by atoms with Crippen LogP contribution in [0.1, 0.15) is 25.8 Å². The second-order valence-corrected chi connectivity index (χ2v) is 11.8. The Hall–Kier alpha value is -3.35. The number of aliphatic hydroxyl groups excluding tert-OH is 1. The highest BCUT2D eigenvalue weighted by Gasteiger charge is 2.32. The third-order valence-electron chi connectivity index (χ3n) is 6.91. The molecule has 220 valence electrons. The standard InChI is InChI=1S/C28H40N4O7S/c1-4-21(2)19-32(40(36,37)24-12-10-23(38-3)11-13-24)20-26(33)25(18-22-8-6-5-7-9-22)30-28(35)39-17-16-31-15-14-29-27(31)34/h5-13,21,25-26,33H,4,14-20H2,1-3H3,(H,29,34)(H,30,35)/t21-,25-,26+/m0/s1. The largest absolute Gasteiger partial charge is 0.497 e. The summed E-state index contributed by atoms with van der Waals surface area (Å²) < 4.78 is 39.0. The number of ether oxygens (including phenoxy) is 2. The van der Waals surface area contributed by atoms with E-state index in [2.05, 4.69) is 10.6 Å². The maximum Gasteiger partial charge on any atom is 0.407 e. The first-order valence-electron chi connectivity index (χ1n) is 13.5. The van der Waals surface area contributed by atoms with Gasteiger partial charge in [-0.25, -0.2) is 18.0 Å². The zero-order valence-corrected chi connectivity index (χ0v) is 24.1. The van der Waals surface area contributed by atoms with E-state index in [1.165, 1.54) is 23.5 Å². The summed E-state index contributed by atoms with van der Waals surface area (Å²) in [5.41, 5.74) is 0.854. The SMILES string of the molecule is CC[C@H](C)CN(C[C@@H](O)[C@H](Cc1ccccc1)NC(=O)OCCN1CCNC1=O)S(=O)(=O)c1ccc(OC)cc1. The molecule has 3 rings (SSSR count). The van der Waals surface area contributed by atoms with Gasteiger partial charge in [-0.15, -0.1) is 0 Å². The number of carbonyl (C=O) groups excluding carboxylic acids is 2. The molecule has 12 heteroatoms. The van der Waals surface area contributed by atoms with Gasteiger partial charge in [-0.2, -0.15) is 4.31 Å². The van der Waals surface area contributed by atoms with Crippen LogP contribution in [0.15, 0.2) is 59.5 Å². The van der Waals surface area contributed by atoms with Crippen LogP contribution in [-0.2, 0) is 21.2 Å². The molecule has 3 atom stereocenters. The van der Waals surface area contributed by atoms with E-state index in [-0.39, 0.29) is 49.5 Å². The summed E-state index contributed by atoms with van der Waals surface area (Å²) >= 11 is 0. The van der Waals surface area contributed by atoms with E-state index in [1.807, 2.05) is 44.2 Å². The van der Waals surface area contributed by atoms with Gasteiger partial charge in [0.1, 0.15) is 12.4 Å². The van der Waals surface area contributed by atoms with Crippen molar-refractivity contribution in [1.29, 1.82) is 0 Å². The fourth-order valence-electron chi connectivity index (χ4n) is 4.30. The quantitative estimate of drug-likeness (QED) is 0.296. The highest BCUT2D eigenvalue weighted by atomic mass is 32.2. The molecule has 0 spiro atoms. The number of carbonyl (C=O) groups is 2. The lowest BCUT2D eigenvalue weighted by molar-refractivity contribution is 0.0868. The summed E-state index contributed by atoms with van der Waals surface area (Å²) in [4.78, 5) is 26.0. The lowest BCUT2D eigenvalue weighted by Gasteiger charge is -2.31. The van der Waals surface area contributed by atoms with Crippen molar-refractivity contribution in [2.24, 2.45) is 5.92 Å². The van der Waals surface area contributed by atoms with Crippen molar-refractivity contribution in [1.82, 2.24) is 19.8 Å². The van der Waals surface area contributed by atoms with Gasteiger partial charge in [-0.05, 0) is 42.2 Å². The van der Waals surface area contributed by atoms with Crippen LogP contribution < -0.4 is 15.4 Å². The van der Waals surface area contributed by atoms with Crippen molar-refractivity contribution < 1.29 is 32.6 Å². The molecule has 40 heavy (non-hydrogen) atoms. The molecular weight excluding hydrogens is 536 g/mol. The molecule has 1 saturated heterocycles. The Labute approximate surface area is 236 Å². The first-order chi connectivity index (χ1) is 19.1. The van der Waals surface area contributed by atoms with Crippen molar-refractivity contribution >= 4 is 22.1 Å². The number of methoxy groups -OCH3 is 1. The number of nitrogens with zero attached hydrogens (tertiary/aromatic N) is 2. The lowest BCUT2D eigenvalue weighted by Crippen LogP contribution is -2.51. The molecule has 3 N–H and O–H groups in total. The molecule has 0 saturated carbocycles. The molecule has 0 bridgehead atoms. The number of alkyl carbamates (subject to hydrolysis) is 1. The molecule has 2 aromatic carbocycles. The number of sulfonamides is 1. The number of urea groups is 1. The molecule has 11 nitrogen and oxygen atoms in total. The Morgan fingerprint density at radius 3 is 2.45 bits per heavy atom. The predicted molar refractivity (Wildman–Crippen MR) is 151 cm³/mol. The molecule has 1 heterocycles. The Morgan fingerprint density at radius 1 is 1.15 bits per heavy atom. The topological polar surface area (TPSA) is 138 Å². The van der Waals surface area contributed by atoms with Crippen LogP contribution >= 0.6 is 0 Å². The first-order valence-corrected chi connectivity index (χ1v) is 14.9. The third-order valence-corrected chi connectivity index (χ3v) is 8.75. The molecule has 0 aromatic heterocycles. The number of hydrogen-bond acceptors (Lipinski definition) is 7. The van der Waals surface area contributed by atoms with E-state index in [1.54, 1.807) is 17.0 Å². The third kappa shape index (κ3) is 8.83. The van der Waals surface area contributed by atoms with Crippen LogP contribution in [0.3, 0.4) is 0 Å². The summed E-state index contributed by atoms with van der Waals surface area (Å²) in [7, 11) is -2.46. The number of hydrogen-bond donors (Lipinski definition) is 3. The molecule has 1 fully saturated rings. The van der Waals surface area contributed by atoms with E-state index in [0.29, 0.717) is 18.8 Å². The van der Waals surface area contributed by atoms with Crippen LogP contribution in [0.4, 0.5) is 9.59 Å². The second-order valence-electron chi connectivity index (χ2n) is 9.87. The monoisotopic (exact) mass is 576 g/mol. The average molecular weight is 577 g/mol. The highest BCUT2D eigenvalue weighted by molar-refractivity contribution is 7.89. The minimum Gasteiger partial charge on any atom is -0.497 e. The van der Waals surface area contributed by atoms with Gasteiger partial charge in [-0.3, -0.25) is 0 Å². The minimum absolute atomic E-state index is 0.0145. The lowest BCUT2D eigenvalue weighted by atomic mass is 10.0. The number of aliphatic hydroxyl groups is 1. The number of benzene rings is 2. The van der Waals surface area contributed by atoms with Crippen LogP contribution in [0.25, 0.3) is 0 Å². The van der Waals surface area contributed by atoms with Crippen molar-refractivity contribution in [2.75, 3.05) is 46.4 Å². The summed E-state index contributed by atoms with van der Waals surface area (Å²) in [5, 5.41) is 16.7. The van der Waals surface area contributed by atoms with E-state index < -0.39 is 28.3 Å². The number of nitrogens with one attached hydrogen (secondary N) is 2. The fraction of sp³-hybridized carbons (Fsp3) is 0.500. The molecule has 1 aliphatic rings. The maximum atomic E-state index is 13.6. The van der Waals surface area contributed by atoms with Gasteiger partial charge in [0.25, 0.3) is 0 Å². The molecule has 0 aliphatic carbocycles. The van der Waals surface area contributed by atoms with Crippen LogP contribution in [0.2, 0.25) is 0 Å². The Balaban J connectivity index is 1.76. The zero-order valence-electron chi connectivity index (χ0n) is 23.3. The first kappa shape index (κ1) is 31.2. The van der Waals surface area contributed by atoms with Crippen LogP contribution in [0.5, 0.6) is 5.75 Å². The fourth-order valence-corrected chi connectivity index (χ4v) is 5.88. The van der Waals surface area contributed by atoms with Crippen molar-refractivity contribution in [3.63, 3.8) is 0 Å². The van der Waals surface area contributed by atoms with Gasteiger partial charge in [-0.1, -0.05) is 50.6 Å². The summed E-state index contributed by atoms with van der Waals surface area (Å²) in [5.74, 6) is 0.567. The molecule has 0 radical (unpaired) electrons. The molecule has 0 unspecified atom stereocenters. The van der Waals surface area contributed by atoms with E-state index in [0.717, 1.165) is 12.0 Å².